The van der Waals surface area contributed by atoms with Crippen molar-refractivity contribution in [2.75, 3.05) is 25.0 Å². The zero-order valence-corrected chi connectivity index (χ0v) is 14.0. The number of unbranched alkanes of at least 4 members (excludes halogenated alkanes) is 3. The fraction of sp³-hybridized carbons (Fsp3) is 0.667. The summed E-state index contributed by atoms with van der Waals surface area (Å²) in [5.41, 5.74) is 4.06. The molecule has 0 amide bonds. The largest absolute Gasteiger partial charge is 0.375 e. The van der Waals surface area contributed by atoms with Gasteiger partial charge in [0.05, 0.1) is 0 Å². The van der Waals surface area contributed by atoms with Crippen molar-refractivity contribution in [1.29, 1.82) is 0 Å². The molecule has 2 heteroatoms. The van der Waals surface area contributed by atoms with Crippen molar-refractivity contribution in [2.45, 2.75) is 59.4 Å². The van der Waals surface area contributed by atoms with Crippen LogP contribution in [0.25, 0.3) is 0 Å². The van der Waals surface area contributed by atoms with Crippen molar-refractivity contribution in [2.24, 2.45) is 0 Å². The molecule has 0 saturated heterocycles. The lowest BCUT2D eigenvalue weighted by Gasteiger charge is -2.20. The molecule has 1 N–H and O–H groups in total. The summed E-state index contributed by atoms with van der Waals surface area (Å²) >= 11 is 0. The summed E-state index contributed by atoms with van der Waals surface area (Å²) in [7, 11) is 2.20. The third kappa shape index (κ3) is 6.95. The predicted octanol–water partition coefficient (Wildman–Crippen LogP) is 4.30. The summed E-state index contributed by atoms with van der Waals surface area (Å²) in [6, 6.07) is 7.41. The second-order valence-electron chi connectivity index (χ2n) is 6.29. The SMILES string of the molecule is Cc1cc(C)cc(N(C)CCCCCCNC(C)C)c1. The van der Waals surface area contributed by atoms with Crippen LogP contribution in [0.15, 0.2) is 18.2 Å². The van der Waals surface area contributed by atoms with Crippen LogP contribution in [0.4, 0.5) is 5.69 Å². The van der Waals surface area contributed by atoms with E-state index < -0.39 is 0 Å². The highest BCUT2D eigenvalue weighted by Crippen LogP contribution is 2.18. The van der Waals surface area contributed by atoms with E-state index in [2.05, 4.69) is 63.2 Å². The first-order valence-electron chi connectivity index (χ1n) is 8.02. The van der Waals surface area contributed by atoms with Crippen LogP contribution in [0.5, 0.6) is 0 Å². The fourth-order valence-corrected chi connectivity index (χ4v) is 2.52. The Morgan fingerprint density at radius 3 is 2.15 bits per heavy atom. The van der Waals surface area contributed by atoms with Crippen molar-refractivity contribution < 1.29 is 0 Å². The minimum absolute atomic E-state index is 0.616. The van der Waals surface area contributed by atoms with Gasteiger partial charge in [0, 0.05) is 25.3 Å². The lowest BCUT2D eigenvalue weighted by molar-refractivity contribution is 0.542. The van der Waals surface area contributed by atoms with Crippen LogP contribution in [-0.2, 0) is 0 Å². The minimum atomic E-state index is 0.616. The van der Waals surface area contributed by atoms with Gasteiger partial charge in [-0.2, -0.15) is 0 Å². The lowest BCUT2D eigenvalue weighted by atomic mass is 10.1. The molecule has 0 spiro atoms. The molecule has 0 aliphatic rings. The summed E-state index contributed by atoms with van der Waals surface area (Å²) in [4.78, 5) is 2.38. The van der Waals surface area contributed by atoms with Crippen molar-refractivity contribution in [1.82, 2.24) is 5.32 Å². The Hall–Kier alpha value is -1.02. The van der Waals surface area contributed by atoms with Crippen LogP contribution < -0.4 is 10.2 Å². The molecule has 1 aromatic rings. The first kappa shape index (κ1) is 17.0. The third-order valence-electron chi connectivity index (χ3n) is 3.62. The van der Waals surface area contributed by atoms with Gasteiger partial charge in [-0.15, -0.1) is 0 Å². The van der Waals surface area contributed by atoms with E-state index in [1.165, 1.54) is 42.5 Å². The van der Waals surface area contributed by atoms with Gasteiger partial charge in [-0.25, -0.2) is 0 Å². The number of hydrogen-bond acceptors (Lipinski definition) is 2. The summed E-state index contributed by atoms with van der Waals surface area (Å²) < 4.78 is 0. The molecular formula is C18H32N2. The molecule has 1 aromatic carbocycles. The zero-order valence-electron chi connectivity index (χ0n) is 14.0. The number of aryl methyl sites for hydroxylation is 2. The first-order chi connectivity index (χ1) is 9.49. The molecule has 0 fully saturated rings. The average Bonchev–Trinajstić information content (AvgIpc) is 2.35. The number of anilines is 1. The van der Waals surface area contributed by atoms with Gasteiger partial charge in [0.1, 0.15) is 0 Å². The molecule has 0 aliphatic heterocycles. The standard InChI is InChI=1S/C18H32N2/c1-15(2)19-10-8-6-7-9-11-20(5)18-13-16(3)12-17(4)14-18/h12-15,19H,6-11H2,1-5H3. The first-order valence-corrected chi connectivity index (χ1v) is 8.02. The highest BCUT2D eigenvalue weighted by atomic mass is 15.1. The van der Waals surface area contributed by atoms with Crippen LogP contribution in [0.2, 0.25) is 0 Å². The van der Waals surface area contributed by atoms with Crippen LogP contribution in [0.3, 0.4) is 0 Å². The smallest absolute Gasteiger partial charge is 0.0368 e. The van der Waals surface area contributed by atoms with E-state index in [9.17, 15) is 0 Å². The maximum atomic E-state index is 3.47. The van der Waals surface area contributed by atoms with Crippen molar-refractivity contribution >= 4 is 5.69 Å². The van der Waals surface area contributed by atoms with Crippen molar-refractivity contribution in [3.05, 3.63) is 29.3 Å². The van der Waals surface area contributed by atoms with E-state index in [0.717, 1.165) is 13.1 Å². The number of hydrogen-bond donors (Lipinski definition) is 1. The molecule has 0 aromatic heterocycles. The van der Waals surface area contributed by atoms with Gasteiger partial charge < -0.3 is 10.2 Å². The average molecular weight is 276 g/mol. The van der Waals surface area contributed by atoms with Gasteiger partial charge in [0.25, 0.3) is 0 Å². The van der Waals surface area contributed by atoms with Crippen LogP contribution in [0, 0.1) is 13.8 Å². The Morgan fingerprint density at radius 1 is 0.950 bits per heavy atom. The maximum absolute atomic E-state index is 3.47. The normalized spacial score (nSPS) is 11.1. The quantitative estimate of drug-likeness (QED) is 0.677. The molecule has 0 heterocycles. The molecule has 20 heavy (non-hydrogen) atoms. The molecular weight excluding hydrogens is 244 g/mol. The highest BCUT2D eigenvalue weighted by Gasteiger charge is 2.02. The zero-order chi connectivity index (χ0) is 15.0. The number of rotatable bonds is 9. The Balaban J connectivity index is 2.18. The van der Waals surface area contributed by atoms with Crippen LogP contribution >= 0.6 is 0 Å². The van der Waals surface area contributed by atoms with Gasteiger partial charge in [-0.1, -0.05) is 32.8 Å². The third-order valence-corrected chi connectivity index (χ3v) is 3.62. The van der Waals surface area contributed by atoms with Crippen molar-refractivity contribution in [3.8, 4) is 0 Å². The van der Waals surface area contributed by atoms with E-state index in [-0.39, 0.29) is 0 Å². The van der Waals surface area contributed by atoms with Crippen LogP contribution in [-0.4, -0.2) is 26.2 Å². The monoisotopic (exact) mass is 276 g/mol. The Labute approximate surface area is 125 Å². The molecule has 0 saturated carbocycles. The maximum Gasteiger partial charge on any atom is 0.0368 e. The highest BCUT2D eigenvalue weighted by molar-refractivity contribution is 5.50. The van der Waals surface area contributed by atoms with E-state index in [1.54, 1.807) is 0 Å². The molecule has 1 rings (SSSR count). The van der Waals surface area contributed by atoms with Gasteiger partial charge in [0.2, 0.25) is 0 Å². The second kappa shape index (κ2) is 9.02. The lowest BCUT2D eigenvalue weighted by Crippen LogP contribution is -2.23. The molecule has 0 radical (unpaired) electrons. The topological polar surface area (TPSA) is 15.3 Å². The summed E-state index contributed by atoms with van der Waals surface area (Å²) in [6.07, 6.45) is 5.24. The Morgan fingerprint density at radius 2 is 1.55 bits per heavy atom. The number of nitrogens with one attached hydrogen (secondary N) is 1. The van der Waals surface area contributed by atoms with Gasteiger partial charge in [0.15, 0.2) is 0 Å². The molecule has 0 atom stereocenters. The van der Waals surface area contributed by atoms with Gasteiger partial charge in [-0.05, 0) is 56.5 Å². The van der Waals surface area contributed by atoms with E-state index in [1.807, 2.05) is 0 Å². The van der Waals surface area contributed by atoms with E-state index >= 15 is 0 Å². The summed E-state index contributed by atoms with van der Waals surface area (Å²) in [6.45, 7) is 11.1. The fourth-order valence-electron chi connectivity index (χ4n) is 2.52. The molecule has 2 nitrogen and oxygen atoms in total. The summed E-state index contributed by atoms with van der Waals surface area (Å²) in [5.74, 6) is 0. The molecule has 0 bridgehead atoms. The van der Waals surface area contributed by atoms with Crippen LogP contribution in [0.1, 0.15) is 50.7 Å². The van der Waals surface area contributed by atoms with E-state index in [0.29, 0.717) is 6.04 Å². The Kier molecular flexibility index (Phi) is 7.68. The second-order valence-corrected chi connectivity index (χ2v) is 6.29. The van der Waals surface area contributed by atoms with Gasteiger partial charge in [-0.3, -0.25) is 0 Å². The predicted molar refractivity (Wildman–Crippen MR) is 90.8 cm³/mol. The number of nitrogens with zero attached hydrogens (tertiary/aromatic N) is 1. The van der Waals surface area contributed by atoms with Crippen molar-refractivity contribution in [3.63, 3.8) is 0 Å². The summed E-state index contributed by atoms with van der Waals surface area (Å²) in [5, 5.41) is 3.47. The van der Waals surface area contributed by atoms with E-state index in [4.69, 9.17) is 0 Å². The molecule has 0 unspecified atom stereocenters. The van der Waals surface area contributed by atoms with Gasteiger partial charge >= 0.3 is 0 Å². The Bertz CT molecular complexity index is 365. The number of benzene rings is 1. The minimum Gasteiger partial charge on any atom is -0.375 e. The molecule has 114 valence electrons. The molecule has 0 aliphatic carbocycles.